The molecular formula is C26H28Cl2FN3O4S. The van der Waals surface area contributed by atoms with E-state index in [-0.39, 0.29) is 28.6 Å². The number of amides is 2. The van der Waals surface area contributed by atoms with Crippen molar-refractivity contribution in [2.45, 2.75) is 49.7 Å². The second-order valence-electron chi connectivity index (χ2n) is 9.84. The van der Waals surface area contributed by atoms with Gasteiger partial charge < -0.3 is 9.64 Å². The van der Waals surface area contributed by atoms with Crippen LogP contribution in [0.4, 0.5) is 4.39 Å². The molecule has 2 aromatic rings. The Morgan fingerprint density at radius 1 is 1.08 bits per heavy atom. The SMILES string of the molecule is O=C(NN(O)SC1CC1)c1cc(C2CC2)c(OCC2CCN(C(=O)c3ccc(Cl)c(Cl)c3)CC2)cc1F. The lowest BCUT2D eigenvalue weighted by molar-refractivity contribution is -0.0248. The average Bonchev–Trinajstić information content (AvgIpc) is 3.80. The number of likely N-dealkylation sites (tertiary alicyclic amines) is 1. The van der Waals surface area contributed by atoms with Gasteiger partial charge in [0.25, 0.3) is 11.8 Å². The van der Waals surface area contributed by atoms with Gasteiger partial charge in [0.15, 0.2) is 0 Å². The maximum absolute atomic E-state index is 14.9. The fourth-order valence-electron chi connectivity index (χ4n) is 4.39. The highest BCUT2D eigenvalue weighted by Crippen LogP contribution is 2.45. The second-order valence-corrected chi connectivity index (χ2v) is 11.9. The third kappa shape index (κ3) is 6.70. The zero-order chi connectivity index (χ0) is 26.1. The highest BCUT2D eigenvalue weighted by atomic mass is 35.5. The highest BCUT2D eigenvalue weighted by Gasteiger charge is 2.31. The van der Waals surface area contributed by atoms with Crippen LogP contribution in [0.25, 0.3) is 0 Å². The summed E-state index contributed by atoms with van der Waals surface area (Å²) in [6, 6.07) is 7.71. The summed E-state index contributed by atoms with van der Waals surface area (Å²) in [7, 11) is 0. The summed E-state index contributed by atoms with van der Waals surface area (Å²) in [5, 5.41) is 10.9. The largest absolute Gasteiger partial charge is 0.493 e. The summed E-state index contributed by atoms with van der Waals surface area (Å²) in [6.07, 6.45) is 5.41. The van der Waals surface area contributed by atoms with E-state index < -0.39 is 11.7 Å². The maximum Gasteiger partial charge on any atom is 0.271 e. The Morgan fingerprint density at radius 2 is 1.81 bits per heavy atom. The molecule has 1 heterocycles. The molecule has 0 atom stereocenters. The van der Waals surface area contributed by atoms with E-state index in [1.807, 2.05) is 0 Å². The molecule has 0 bridgehead atoms. The number of carbonyl (C=O) groups excluding carboxylic acids is 2. The van der Waals surface area contributed by atoms with Crippen molar-refractivity contribution in [1.82, 2.24) is 14.9 Å². The van der Waals surface area contributed by atoms with Crippen molar-refractivity contribution < 1.29 is 23.9 Å². The van der Waals surface area contributed by atoms with Gasteiger partial charge in [-0.25, -0.2) is 4.39 Å². The van der Waals surface area contributed by atoms with Gasteiger partial charge in [0.1, 0.15) is 11.6 Å². The van der Waals surface area contributed by atoms with Crippen LogP contribution in [0.5, 0.6) is 5.75 Å². The number of halogens is 3. The van der Waals surface area contributed by atoms with Gasteiger partial charge in [0.05, 0.1) is 22.2 Å². The van der Waals surface area contributed by atoms with Crippen LogP contribution in [0.3, 0.4) is 0 Å². The molecule has 198 valence electrons. The van der Waals surface area contributed by atoms with Crippen molar-refractivity contribution in [2.75, 3.05) is 19.7 Å². The van der Waals surface area contributed by atoms with Crippen molar-refractivity contribution in [3.63, 3.8) is 0 Å². The molecule has 5 rings (SSSR count). The van der Waals surface area contributed by atoms with Crippen LogP contribution in [-0.4, -0.2) is 51.4 Å². The first-order valence-electron chi connectivity index (χ1n) is 12.5. The number of nitrogens with zero attached hydrogens (tertiary/aromatic N) is 2. The van der Waals surface area contributed by atoms with Crippen molar-refractivity contribution in [2.24, 2.45) is 5.92 Å². The molecule has 0 radical (unpaired) electrons. The van der Waals surface area contributed by atoms with Crippen LogP contribution in [0.2, 0.25) is 10.0 Å². The van der Waals surface area contributed by atoms with Crippen LogP contribution in [0.1, 0.15) is 70.7 Å². The number of hydrazine groups is 1. The van der Waals surface area contributed by atoms with Gasteiger partial charge in [-0.3, -0.25) is 20.2 Å². The van der Waals surface area contributed by atoms with E-state index in [4.69, 9.17) is 27.9 Å². The summed E-state index contributed by atoms with van der Waals surface area (Å²) in [6.45, 7) is 1.58. The molecule has 37 heavy (non-hydrogen) atoms. The molecule has 2 aromatic carbocycles. The summed E-state index contributed by atoms with van der Waals surface area (Å²) >= 11 is 13.1. The fourth-order valence-corrected chi connectivity index (χ4v) is 5.46. The molecule has 0 unspecified atom stereocenters. The number of hydrogen-bond acceptors (Lipinski definition) is 6. The van der Waals surface area contributed by atoms with E-state index in [1.54, 1.807) is 29.2 Å². The lowest BCUT2D eigenvalue weighted by Gasteiger charge is -2.32. The van der Waals surface area contributed by atoms with E-state index in [1.165, 1.54) is 6.07 Å². The van der Waals surface area contributed by atoms with Crippen LogP contribution < -0.4 is 10.2 Å². The minimum Gasteiger partial charge on any atom is -0.493 e. The molecule has 0 spiro atoms. The Balaban J connectivity index is 1.17. The topological polar surface area (TPSA) is 82.1 Å². The molecule has 0 aromatic heterocycles. The number of rotatable bonds is 9. The molecule has 3 aliphatic rings. The number of nitrogens with one attached hydrogen (secondary N) is 1. The van der Waals surface area contributed by atoms with Crippen molar-refractivity contribution in [1.29, 1.82) is 0 Å². The van der Waals surface area contributed by atoms with Crippen LogP contribution in [0.15, 0.2) is 30.3 Å². The summed E-state index contributed by atoms with van der Waals surface area (Å²) in [4.78, 5) is 27.2. The number of benzene rings is 2. The van der Waals surface area contributed by atoms with Crippen molar-refractivity contribution in [3.05, 3.63) is 62.9 Å². The van der Waals surface area contributed by atoms with E-state index in [0.717, 1.165) is 56.0 Å². The molecular weight excluding hydrogens is 540 g/mol. The van der Waals surface area contributed by atoms with Crippen molar-refractivity contribution >= 4 is 47.0 Å². The van der Waals surface area contributed by atoms with Gasteiger partial charge in [0, 0.05) is 30.0 Å². The maximum atomic E-state index is 14.9. The number of hydrogen-bond donors (Lipinski definition) is 2. The van der Waals surface area contributed by atoms with E-state index in [0.29, 0.717) is 45.6 Å². The van der Waals surface area contributed by atoms with Gasteiger partial charge in [-0.2, -0.15) is 0 Å². The minimum absolute atomic E-state index is 0.0816. The van der Waals surface area contributed by atoms with E-state index >= 15 is 0 Å². The molecule has 7 nitrogen and oxygen atoms in total. The predicted octanol–water partition coefficient (Wildman–Crippen LogP) is 6.09. The molecule has 2 amide bonds. The zero-order valence-electron chi connectivity index (χ0n) is 20.1. The average molecular weight is 568 g/mol. The molecule has 11 heteroatoms. The summed E-state index contributed by atoms with van der Waals surface area (Å²) in [5.74, 6) is -0.553. The van der Waals surface area contributed by atoms with Crippen LogP contribution in [0, 0.1) is 11.7 Å². The van der Waals surface area contributed by atoms with Gasteiger partial charge >= 0.3 is 0 Å². The minimum atomic E-state index is -0.694. The molecule has 2 aliphatic carbocycles. The number of carbonyl (C=O) groups is 2. The van der Waals surface area contributed by atoms with Gasteiger partial charge in [-0.15, -0.1) is 0 Å². The normalized spacial score (nSPS) is 18.2. The smallest absolute Gasteiger partial charge is 0.271 e. The first kappa shape index (κ1) is 26.6. The number of ether oxygens (including phenoxy) is 1. The fraction of sp³-hybridized carbons (Fsp3) is 0.462. The standard InChI is InChI=1S/C26H28Cl2FN3O4S/c27-21-6-3-17(11-22(21)28)26(34)31-9-7-15(8-10-31)14-36-24-13-23(29)20(12-19(24)16-1-2-16)25(33)30-32(35)37-18-4-5-18/h3,6,11-13,15-16,18,35H,1-2,4-5,7-10,14H2,(H,30,33). The molecule has 2 N–H and O–H groups in total. The van der Waals surface area contributed by atoms with Gasteiger partial charge in [-0.1, -0.05) is 23.2 Å². The lowest BCUT2D eigenvalue weighted by Crippen LogP contribution is -2.39. The third-order valence-electron chi connectivity index (χ3n) is 6.87. The van der Waals surface area contributed by atoms with Crippen LogP contribution in [-0.2, 0) is 0 Å². The van der Waals surface area contributed by atoms with Gasteiger partial charge in [-0.05, 0) is 96.7 Å². The zero-order valence-corrected chi connectivity index (χ0v) is 22.4. The quantitative estimate of drug-likeness (QED) is 0.282. The highest BCUT2D eigenvalue weighted by molar-refractivity contribution is 7.97. The Morgan fingerprint density at radius 3 is 2.46 bits per heavy atom. The summed E-state index contributed by atoms with van der Waals surface area (Å²) in [5.41, 5.74) is 3.53. The molecule has 3 fully saturated rings. The molecule has 2 saturated carbocycles. The Hall–Kier alpha value is -2.04. The van der Waals surface area contributed by atoms with Crippen LogP contribution >= 0.6 is 35.1 Å². The monoisotopic (exact) mass is 567 g/mol. The third-order valence-corrected chi connectivity index (χ3v) is 8.67. The molecule has 1 aliphatic heterocycles. The van der Waals surface area contributed by atoms with Crippen molar-refractivity contribution in [3.8, 4) is 5.75 Å². The van der Waals surface area contributed by atoms with Gasteiger partial charge in [0.2, 0.25) is 0 Å². The Labute approximate surface area is 229 Å². The predicted molar refractivity (Wildman–Crippen MR) is 141 cm³/mol. The summed E-state index contributed by atoms with van der Waals surface area (Å²) < 4.78 is 21.6. The first-order chi connectivity index (χ1) is 17.8. The molecule has 1 saturated heterocycles. The Kier molecular flexibility index (Phi) is 8.16. The second kappa shape index (κ2) is 11.4. The van der Waals surface area contributed by atoms with E-state index in [9.17, 15) is 19.2 Å². The number of piperidine rings is 1. The first-order valence-corrected chi connectivity index (χ1v) is 14.0. The van der Waals surface area contributed by atoms with E-state index in [2.05, 4.69) is 5.43 Å². The Bertz CT molecular complexity index is 1190. The lowest BCUT2D eigenvalue weighted by atomic mass is 9.97.